The number of fused-ring (bicyclic) bond motifs is 1. The van der Waals surface area contributed by atoms with Gasteiger partial charge in [-0.25, -0.2) is 0 Å². The number of phenolic OH excluding ortho intramolecular Hbond substituents is 1. The summed E-state index contributed by atoms with van der Waals surface area (Å²) in [5.41, 5.74) is 3.57. The number of rotatable bonds is 2. The van der Waals surface area contributed by atoms with E-state index in [1.807, 2.05) is 12.1 Å². The molecular weight excluding hydrogens is 210 g/mol. The van der Waals surface area contributed by atoms with E-state index >= 15 is 0 Å². The van der Waals surface area contributed by atoms with E-state index in [4.69, 9.17) is 0 Å². The van der Waals surface area contributed by atoms with E-state index in [0.717, 1.165) is 25.1 Å². The Hall–Kier alpha value is -1.96. The molecule has 2 heteroatoms. The first kappa shape index (κ1) is 10.2. The summed E-state index contributed by atoms with van der Waals surface area (Å²) in [6, 6.07) is 16.2. The van der Waals surface area contributed by atoms with Gasteiger partial charge < -0.3 is 10.0 Å². The van der Waals surface area contributed by atoms with Gasteiger partial charge in [-0.2, -0.15) is 0 Å². The van der Waals surface area contributed by atoms with Crippen molar-refractivity contribution < 1.29 is 5.11 Å². The van der Waals surface area contributed by atoms with Crippen LogP contribution in [0.2, 0.25) is 0 Å². The molecule has 0 aromatic heterocycles. The molecule has 1 aliphatic rings. The summed E-state index contributed by atoms with van der Waals surface area (Å²) in [5, 5.41) is 9.79. The molecule has 86 valence electrons. The molecule has 1 aliphatic heterocycles. The zero-order chi connectivity index (χ0) is 11.7. The molecular formula is C15H15NO. The van der Waals surface area contributed by atoms with Crippen LogP contribution < -0.4 is 4.90 Å². The van der Waals surface area contributed by atoms with Gasteiger partial charge in [0.1, 0.15) is 5.75 Å². The Balaban J connectivity index is 1.87. The highest BCUT2D eigenvalue weighted by molar-refractivity contribution is 5.62. The van der Waals surface area contributed by atoms with Gasteiger partial charge in [-0.3, -0.25) is 0 Å². The Kier molecular flexibility index (Phi) is 2.48. The van der Waals surface area contributed by atoms with Gasteiger partial charge in [0.2, 0.25) is 0 Å². The molecule has 1 N–H and O–H groups in total. The molecule has 0 amide bonds. The molecule has 0 bridgehead atoms. The van der Waals surface area contributed by atoms with Crippen molar-refractivity contribution >= 4 is 5.69 Å². The highest BCUT2D eigenvalue weighted by Crippen LogP contribution is 2.34. The van der Waals surface area contributed by atoms with Gasteiger partial charge in [-0.1, -0.05) is 36.4 Å². The van der Waals surface area contributed by atoms with Crippen LogP contribution in [0.3, 0.4) is 0 Å². The van der Waals surface area contributed by atoms with Gasteiger partial charge >= 0.3 is 0 Å². The number of anilines is 1. The van der Waals surface area contributed by atoms with E-state index < -0.39 is 0 Å². The van der Waals surface area contributed by atoms with Crippen molar-refractivity contribution in [3.05, 3.63) is 59.7 Å². The van der Waals surface area contributed by atoms with Crippen molar-refractivity contribution in [3.63, 3.8) is 0 Å². The van der Waals surface area contributed by atoms with Crippen LogP contribution >= 0.6 is 0 Å². The number of hydrogen-bond acceptors (Lipinski definition) is 2. The highest BCUT2D eigenvalue weighted by Gasteiger charge is 2.21. The lowest BCUT2D eigenvalue weighted by molar-refractivity contribution is 0.470. The van der Waals surface area contributed by atoms with Gasteiger partial charge in [0.05, 0.1) is 0 Å². The van der Waals surface area contributed by atoms with E-state index in [-0.39, 0.29) is 0 Å². The van der Waals surface area contributed by atoms with E-state index in [0.29, 0.717) is 5.75 Å². The number of nitrogens with zero attached hydrogens (tertiary/aromatic N) is 1. The van der Waals surface area contributed by atoms with Crippen molar-refractivity contribution in [3.8, 4) is 5.75 Å². The Bertz CT molecular complexity index is 522. The molecule has 1 heterocycles. The summed E-state index contributed by atoms with van der Waals surface area (Å²) in [7, 11) is 0. The number of hydrogen-bond donors (Lipinski definition) is 1. The van der Waals surface area contributed by atoms with Crippen molar-refractivity contribution in [2.75, 3.05) is 11.4 Å². The molecule has 3 rings (SSSR count). The average Bonchev–Trinajstić information content (AvgIpc) is 2.76. The molecule has 0 fully saturated rings. The monoisotopic (exact) mass is 225 g/mol. The molecule has 2 nitrogen and oxygen atoms in total. The third kappa shape index (κ3) is 1.86. The molecule has 0 spiro atoms. The fourth-order valence-electron chi connectivity index (χ4n) is 2.45. The standard InChI is InChI=1S/C15H15NO/c17-15-8-4-7-14-13(15)9-10-16(14)11-12-5-2-1-3-6-12/h1-8,17H,9-11H2. The van der Waals surface area contributed by atoms with Crippen LogP contribution in [0, 0.1) is 0 Å². The average molecular weight is 225 g/mol. The quantitative estimate of drug-likeness (QED) is 0.849. The summed E-state index contributed by atoms with van der Waals surface area (Å²) >= 11 is 0. The first-order chi connectivity index (χ1) is 8.34. The summed E-state index contributed by atoms with van der Waals surface area (Å²) < 4.78 is 0. The number of benzene rings is 2. The predicted octanol–water partition coefficient (Wildman–Crippen LogP) is 2.95. The lowest BCUT2D eigenvalue weighted by atomic mass is 10.1. The smallest absolute Gasteiger partial charge is 0.120 e. The SMILES string of the molecule is Oc1cccc2c1CCN2Cc1ccccc1. The van der Waals surface area contributed by atoms with Crippen LogP contribution in [0.15, 0.2) is 48.5 Å². The van der Waals surface area contributed by atoms with E-state index in [1.54, 1.807) is 6.07 Å². The molecule has 0 saturated heterocycles. The van der Waals surface area contributed by atoms with Crippen LogP contribution in [0.5, 0.6) is 5.75 Å². The molecule has 0 atom stereocenters. The van der Waals surface area contributed by atoms with Crippen LogP contribution in [0.1, 0.15) is 11.1 Å². The van der Waals surface area contributed by atoms with Crippen molar-refractivity contribution in [2.24, 2.45) is 0 Å². The maximum atomic E-state index is 9.79. The Morgan fingerprint density at radius 2 is 1.82 bits per heavy atom. The topological polar surface area (TPSA) is 23.5 Å². The van der Waals surface area contributed by atoms with Crippen LogP contribution in [0.25, 0.3) is 0 Å². The second kappa shape index (κ2) is 4.13. The van der Waals surface area contributed by atoms with Crippen LogP contribution in [-0.2, 0) is 13.0 Å². The normalized spacial score (nSPS) is 13.8. The number of aromatic hydroxyl groups is 1. The molecule has 0 saturated carbocycles. The molecule has 2 aromatic rings. The minimum atomic E-state index is 0.429. The Morgan fingerprint density at radius 1 is 1.00 bits per heavy atom. The molecule has 0 unspecified atom stereocenters. The predicted molar refractivity (Wildman–Crippen MR) is 69.3 cm³/mol. The Labute approximate surface area is 101 Å². The zero-order valence-corrected chi connectivity index (χ0v) is 9.63. The lowest BCUT2D eigenvalue weighted by Gasteiger charge is -2.19. The molecule has 0 aliphatic carbocycles. The second-order valence-corrected chi connectivity index (χ2v) is 4.43. The van der Waals surface area contributed by atoms with Crippen molar-refractivity contribution in [1.82, 2.24) is 0 Å². The Morgan fingerprint density at radius 3 is 2.65 bits per heavy atom. The third-order valence-electron chi connectivity index (χ3n) is 3.32. The molecule has 17 heavy (non-hydrogen) atoms. The summed E-state index contributed by atoms with van der Waals surface area (Å²) in [5.74, 6) is 0.429. The summed E-state index contributed by atoms with van der Waals surface area (Å²) in [6.45, 7) is 1.90. The maximum absolute atomic E-state index is 9.79. The van der Waals surface area contributed by atoms with Gasteiger partial charge in [0, 0.05) is 24.3 Å². The fourth-order valence-corrected chi connectivity index (χ4v) is 2.45. The summed E-state index contributed by atoms with van der Waals surface area (Å²) in [6.07, 6.45) is 0.939. The largest absolute Gasteiger partial charge is 0.508 e. The minimum Gasteiger partial charge on any atom is -0.508 e. The van der Waals surface area contributed by atoms with Gasteiger partial charge in [0.25, 0.3) is 0 Å². The van der Waals surface area contributed by atoms with Crippen molar-refractivity contribution in [2.45, 2.75) is 13.0 Å². The van der Waals surface area contributed by atoms with Gasteiger partial charge in [-0.15, -0.1) is 0 Å². The van der Waals surface area contributed by atoms with Gasteiger partial charge in [0.15, 0.2) is 0 Å². The first-order valence-electron chi connectivity index (χ1n) is 5.94. The maximum Gasteiger partial charge on any atom is 0.120 e. The first-order valence-corrected chi connectivity index (χ1v) is 5.94. The van der Waals surface area contributed by atoms with Crippen LogP contribution in [0.4, 0.5) is 5.69 Å². The zero-order valence-electron chi connectivity index (χ0n) is 9.63. The lowest BCUT2D eigenvalue weighted by Crippen LogP contribution is -2.19. The van der Waals surface area contributed by atoms with Gasteiger partial charge in [-0.05, 0) is 24.1 Å². The van der Waals surface area contributed by atoms with E-state index in [1.165, 1.54) is 11.3 Å². The number of phenols is 1. The fraction of sp³-hybridized carbons (Fsp3) is 0.200. The van der Waals surface area contributed by atoms with Crippen LogP contribution in [-0.4, -0.2) is 11.7 Å². The second-order valence-electron chi connectivity index (χ2n) is 4.43. The minimum absolute atomic E-state index is 0.429. The highest BCUT2D eigenvalue weighted by atomic mass is 16.3. The third-order valence-corrected chi connectivity index (χ3v) is 3.32. The van der Waals surface area contributed by atoms with E-state index in [9.17, 15) is 5.11 Å². The van der Waals surface area contributed by atoms with E-state index in [2.05, 4.69) is 35.2 Å². The molecule has 2 aromatic carbocycles. The summed E-state index contributed by atoms with van der Waals surface area (Å²) in [4.78, 5) is 2.32. The van der Waals surface area contributed by atoms with Crippen molar-refractivity contribution in [1.29, 1.82) is 0 Å². The molecule has 0 radical (unpaired) electrons.